The topological polar surface area (TPSA) is 77.8 Å². The molecule has 1 atom stereocenters. The number of aromatic hydroxyl groups is 1. The molecule has 6 heteroatoms. The number of aliphatic hydroxyl groups is 1. The third-order valence-electron chi connectivity index (χ3n) is 5.18. The van der Waals surface area contributed by atoms with Crippen LogP contribution in [-0.4, -0.2) is 33.3 Å². The lowest BCUT2D eigenvalue weighted by Crippen LogP contribution is -2.30. The van der Waals surface area contributed by atoms with Gasteiger partial charge in [-0.25, -0.2) is 4.39 Å². The second-order valence-corrected chi connectivity index (χ2v) is 7.26. The Labute approximate surface area is 169 Å². The average molecular weight is 397 g/mol. The summed E-state index contributed by atoms with van der Waals surface area (Å²) >= 11 is 0. The number of hydrogen-bond acceptors (Lipinski definition) is 4. The first-order chi connectivity index (χ1) is 13.8. The number of amides is 1. The van der Waals surface area contributed by atoms with Crippen LogP contribution < -0.4 is 0 Å². The van der Waals surface area contributed by atoms with E-state index >= 15 is 0 Å². The highest BCUT2D eigenvalue weighted by Gasteiger charge is 2.45. The van der Waals surface area contributed by atoms with Crippen LogP contribution in [0, 0.1) is 12.7 Å². The van der Waals surface area contributed by atoms with Gasteiger partial charge in [0.05, 0.1) is 11.6 Å². The number of Topliss-reactive ketones (excluding diaryl/α,β-unsaturated/α-hetero) is 1. The molecule has 0 spiro atoms. The minimum Gasteiger partial charge on any atom is -0.508 e. The molecule has 1 saturated heterocycles. The molecule has 0 aliphatic carbocycles. The minimum atomic E-state index is -0.766. The summed E-state index contributed by atoms with van der Waals surface area (Å²) in [5.41, 5.74) is 1.19. The zero-order chi connectivity index (χ0) is 21.1. The number of nitrogens with zero attached hydrogens (tertiary/aromatic N) is 1. The van der Waals surface area contributed by atoms with Gasteiger partial charge in [-0.1, -0.05) is 31.9 Å². The van der Waals surface area contributed by atoms with Gasteiger partial charge in [-0.2, -0.15) is 0 Å². The highest BCUT2D eigenvalue weighted by atomic mass is 19.1. The van der Waals surface area contributed by atoms with Crippen molar-refractivity contribution in [3.8, 4) is 5.75 Å². The van der Waals surface area contributed by atoms with E-state index in [9.17, 15) is 24.2 Å². The van der Waals surface area contributed by atoms with Crippen molar-refractivity contribution in [1.82, 2.24) is 4.90 Å². The van der Waals surface area contributed by atoms with Crippen molar-refractivity contribution in [3.63, 3.8) is 0 Å². The van der Waals surface area contributed by atoms with Gasteiger partial charge in [0.1, 0.15) is 17.3 Å². The summed E-state index contributed by atoms with van der Waals surface area (Å²) in [6.45, 7) is 3.98. The Bertz CT molecular complexity index is 965. The van der Waals surface area contributed by atoms with Gasteiger partial charge in [0.2, 0.25) is 0 Å². The number of aliphatic hydroxyl groups excluding tert-OH is 1. The molecule has 2 aromatic carbocycles. The first-order valence-electron chi connectivity index (χ1n) is 9.69. The molecule has 1 unspecified atom stereocenters. The van der Waals surface area contributed by atoms with Gasteiger partial charge in [-0.05, 0) is 54.8 Å². The van der Waals surface area contributed by atoms with Gasteiger partial charge in [0.25, 0.3) is 11.7 Å². The lowest BCUT2D eigenvalue weighted by molar-refractivity contribution is -0.139. The third-order valence-corrected chi connectivity index (χ3v) is 5.18. The van der Waals surface area contributed by atoms with Gasteiger partial charge in [0.15, 0.2) is 0 Å². The number of phenolic OH excluding ortho intramolecular Hbond substituents is 1. The molecule has 1 fully saturated rings. The number of aryl methyl sites for hydroxylation is 1. The van der Waals surface area contributed by atoms with E-state index in [4.69, 9.17) is 0 Å². The van der Waals surface area contributed by atoms with Crippen LogP contribution in [0.2, 0.25) is 0 Å². The Balaban J connectivity index is 2.13. The molecule has 2 N–H and O–H groups in total. The van der Waals surface area contributed by atoms with Crippen LogP contribution in [-0.2, 0) is 9.59 Å². The number of carbonyl (C=O) groups excluding carboxylic acids is 2. The lowest BCUT2D eigenvalue weighted by Gasteiger charge is -2.25. The van der Waals surface area contributed by atoms with Crippen molar-refractivity contribution in [3.05, 3.63) is 70.5 Å². The number of unbranched alkanes of at least 4 members (excludes halogenated alkanes) is 2. The monoisotopic (exact) mass is 397 g/mol. The molecule has 3 rings (SSSR count). The van der Waals surface area contributed by atoms with Gasteiger partial charge < -0.3 is 15.1 Å². The summed E-state index contributed by atoms with van der Waals surface area (Å²) < 4.78 is 13.6. The van der Waals surface area contributed by atoms with E-state index in [1.54, 1.807) is 19.1 Å². The van der Waals surface area contributed by atoms with Crippen LogP contribution in [0.5, 0.6) is 5.75 Å². The van der Waals surface area contributed by atoms with E-state index in [-0.39, 0.29) is 22.6 Å². The van der Waals surface area contributed by atoms with Crippen LogP contribution in [0.1, 0.15) is 48.9 Å². The second-order valence-electron chi connectivity index (χ2n) is 7.26. The van der Waals surface area contributed by atoms with Crippen LogP contribution >= 0.6 is 0 Å². The van der Waals surface area contributed by atoms with Crippen molar-refractivity contribution in [2.75, 3.05) is 6.54 Å². The SMILES string of the molecule is CCCCCN1C(=O)C(=O)/C(=C(\O)c2ccc(F)c(C)c2)C1c1ccc(O)cc1. The molecule has 1 amide bonds. The molecular formula is C23H24FNO4. The number of phenols is 1. The fourth-order valence-corrected chi connectivity index (χ4v) is 3.59. The first-order valence-corrected chi connectivity index (χ1v) is 9.69. The normalized spacial score (nSPS) is 18.4. The molecule has 1 heterocycles. The summed E-state index contributed by atoms with van der Waals surface area (Å²) in [6, 6.07) is 9.49. The van der Waals surface area contributed by atoms with Crippen LogP contribution in [0.15, 0.2) is 48.0 Å². The maximum atomic E-state index is 13.6. The summed E-state index contributed by atoms with van der Waals surface area (Å²) in [7, 11) is 0. The predicted octanol–water partition coefficient (Wildman–Crippen LogP) is 4.45. The number of hydrogen-bond donors (Lipinski definition) is 2. The van der Waals surface area contributed by atoms with Gasteiger partial charge in [-0.3, -0.25) is 9.59 Å². The van der Waals surface area contributed by atoms with E-state index in [1.165, 1.54) is 35.2 Å². The third kappa shape index (κ3) is 4.01. The maximum absolute atomic E-state index is 13.6. The van der Waals surface area contributed by atoms with Crippen LogP contribution in [0.3, 0.4) is 0 Å². The molecule has 0 bridgehead atoms. The van der Waals surface area contributed by atoms with Crippen LogP contribution in [0.25, 0.3) is 5.76 Å². The zero-order valence-electron chi connectivity index (χ0n) is 16.5. The molecule has 0 saturated carbocycles. The Hall–Kier alpha value is -3.15. The number of halogens is 1. The average Bonchev–Trinajstić information content (AvgIpc) is 2.95. The quantitative estimate of drug-likeness (QED) is 0.327. The van der Waals surface area contributed by atoms with Crippen molar-refractivity contribution in [2.45, 2.75) is 39.2 Å². The Morgan fingerprint density at radius 1 is 1.10 bits per heavy atom. The van der Waals surface area contributed by atoms with Gasteiger partial charge >= 0.3 is 0 Å². The molecule has 0 radical (unpaired) electrons. The highest BCUT2D eigenvalue weighted by molar-refractivity contribution is 6.46. The van der Waals surface area contributed by atoms with Crippen LogP contribution in [0.4, 0.5) is 4.39 Å². The van der Waals surface area contributed by atoms with Gasteiger partial charge in [0, 0.05) is 12.1 Å². The number of ketones is 1. The minimum absolute atomic E-state index is 0.0248. The largest absolute Gasteiger partial charge is 0.508 e. The summed E-state index contributed by atoms with van der Waals surface area (Å²) in [6.07, 6.45) is 2.60. The summed E-state index contributed by atoms with van der Waals surface area (Å²) in [5.74, 6) is -2.12. The molecule has 2 aromatic rings. The van der Waals surface area contributed by atoms with Crippen molar-refractivity contribution >= 4 is 17.4 Å². The lowest BCUT2D eigenvalue weighted by atomic mass is 9.94. The standard InChI is InChI=1S/C23H24FNO4/c1-3-4-5-12-25-20(15-6-9-17(26)10-7-15)19(22(28)23(25)29)21(27)16-8-11-18(24)14(2)13-16/h6-11,13,20,26-27H,3-5,12H2,1-2H3/b21-19-. The van der Waals surface area contributed by atoms with E-state index in [0.717, 1.165) is 19.3 Å². The van der Waals surface area contributed by atoms with E-state index in [1.807, 2.05) is 6.92 Å². The molecule has 0 aromatic heterocycles. The Morgan fingerprint density at radius 3 is 2.41 bits per heavy atom. The molecule has 29 heavy (non-hydrogen) atoms. The fraction of sp³-hybridized carbons (Fsp3) is 0.304. The summed E-state index contributed by atoms with van der Waals surface area (Å²) in [5, 5.41) is 20.5. The smallest absolute Gasteiger partial charge is 0.295 e. The number of likely N-dealkylation sites (tertiary alicyclic amines) is 1. The summed E-state index contributed by atoms with van der Waals surface area (Å²) in [4.78, 5) is 27.0. The highest BCUT2D eigenvalue weighted by Crippen LogP contribution is 2.40. The van der Waals surface area contributed by atoms with Crippen molar-refractivity contribution in [1.29, 1.82) is 0 Å². The fourth-order valence-electron chi connectivity index (χ4n) is 3.59. The molecule has 152 valence electrons. The molecule has 5 nitrogen and oxygen atoms in total. The van der Waals surface area contributed by atoms with Crippen molar-refractivity contribution < 1.29 is 24.2 Å². The predicted molar refractivity (Wildman–Crippen MR) is 108 cm³/mol. The van der Waals surface area contributed by atoms with E-state index in [2.05, 4.69) is 0 Å². The Morgan fingerprint density at radius 2 is 1.79 bits per heavy atom. The number of benzene rings is 2. The number of carbonyl (C=O) groups is 2. The molecular weight excluding hydrogens is 373 g/mol. The number of rotatable bonds is 6. The van der Waals surface area contributed by atoms with Gasteiger partial charge in [-0.15, -0.1) is 0 Å². The second kappa shape index (κ2) is 8.47. The van der Waals surface area contributed by atoms with Crippen molar-refractivity contribution in [2.24, 2.45) is 0 Å². The van der Waals surface area contributed by atoms with E-state index in [0.29, 0.717) is 17.7 Å². The molecule has 1 aliphatic rings. The zero-order valence-corrected chi connectivity index (χ0v) is 16.5. The molecule has 1 aliphatic heterocycles. The maximum Gasteiger partial charge on any atom is 0.295 e. The van der Waals surface area contributed by atoms with E-state index < -0.39 is 23.5 Å². The Kier molecular flexibility index (Phi) is 6.01. The first kappa shape index (κ1) is 20.6.